The van der Waals surface area contributed by atoms with Crippen LogP contribution in [0.5, 0.6) is 0 Å². The van der Waals surface area contributed by atoms with Crippen LogP contribution in [0.4, 0.5) is 4.79 Å². The van der Waals surface area contributed by atoms with E-state index in [2.05, 4.69) is 28.9 Å². The second-order valence-electron chi connectivity index (χ2n) is 15.7. The van der Waals surface area contributed by atoms with E-state index >= 15 is 0 Å². The molecule has 5 heterocycles. The number of carboxylic acid groups (broad SMARTS) is 1. The van der Waals surface area contributed by atoms with Gasteiger partial charge in [0, 0.05) is 58.2 Å². The molecule has 2 aromatic carbocycles. The van der Waals surface area contributed by atoms with E-state index in [1.165, 1.54) is 12.8 Å². The average Bonchev–Trinajstić information content (AvgIpc) is 3.32. The zero-order valence-corrected chi connectivity index (χ0v) is 28.8. The number of amides is 3. The van der Waals surface area contributed by atoms with E-state index in [9.17, 15) is 19.5 Å². The summed E-state index contributed by atoms with van der Waals surface area (Å²) in [4.78, 5) is 47.4. The SMILES string of the molecule is Cc1c(-c2cc3ccc(-c4ccc5c(c4)C(=O)NC5)nc3n2CC2CC2)oc2cc(C(=O)N3CC4CCC3[C@@H]4N(C(=O)O)C(C)(C)C)ccc12. The highest BCUT2D eigenvalue weighted by atomic mass is 16.4. The van der Waals surface area contributed by atoms with Crippen LogP contribution in [0.15, 0.2) is 59.0 Å². The lowest BCUT2D eigenvalue weighted by Gasteiger charge is -2.40. The van der Waals surface area contributed by atoms with Crippen LogP contribution in [0.3, 0.4) is 0 Å². The predicted octanol–water partition coefficient (Wildman–Crippen LogP) is 7.46. The number of fused-ring (bicyclic) bond motifs is 5. The van der Waals surface area contributed by atoms with Gasteiger partial charge in [0.25, 0.3) is 11.8 Å². The molecule has 2 aliphatic carbocycles. The molecule has 2 bridgehead atoms. The maximum Gasteiger partial charge on any atom is 0.408 e. The van der Waals surface area contributed by atoms with Gasteiger partial charge in [0.15, 0.2) is 5.76 Å². The Morgan fingerprint density at radius 3 is 2.62 bits per heavy atom. The van der Waals surface area contributed by atoms with Crippen molar-refractivity contribution in [3.05, 3.63) is 76.9 Å². The fourth-order valence-corrected chi connectivity index (χ4v) is 8.81. The largest absolute Gasteiger partial charge is 0.465 e. The molecular formula is C40H41N5O5. The van der Waals surface area contributed by atoms with Crippen LogP contribution in [0.25, 0.3) is 44.7 Å². The number of benzene rings is 2. The summed E-state index contributed by atoms with van der Waals surface area (Å²) in [5.74, 6) is 1.35. The summed E-state index contributed by atoms with van der Waals surface area (Å²) in [6.45, 7) is 9.78. The van der Waals surface area contributed by atoms with Crippen LogP contribution >= 0.6 is 0 Å². The smallest absolute Gasteiger partial charge is 0.408 e. The predicted molar refractivity (Wildman–Crippen MR) is 190 cm³/mol. The number of hydrogen-bond donors (Lipinski definition) is 2. The number of hydrogen-bond acceptors (Lipinski definition) is 5. The van der Waals surface area contributed by atoms with E-state index in [4.69, 9.17) is 9.40 Å². The monoisotopic (exact) mass is 671 g/mol. The molecule has 2 unspecified atom stereocenters. The maximum absolute atomic E-state index is 14.0. The molecule has 3 atom stereocenters. The molecule has 3 amide bonds. The van der Waals surface area contributed by atoms with Crippen molar-refractivity contribution in [2.24, 2.45) is 11.8 Å². The van der Waals surface area contributed by atoms with Crippen molar-refractivity contribution in [1.82, 2.24) is 24.7 Å². The minimum atomic E-state index is -0.934. The molecule has 256 valence electrons. The molecule has 0 spiro atoms. The van der Waals surface area contributed by atoms with E-state index in [0.29, 0.717) is 35.7 Å². The van der Waals surface area contributed by atoms with E-state index in [0.717, 1.165) is 69.6 Å². The maximum atomic E-state index is 14.0. The number of nitrogens with one attached hydrogen (secondary N) is 1. The summed E-state index contributed by atoms with van der Waals surface area (Å²) in [6, 6.07) is 17.6. The highest BCUT2D eigenvalue weighted by Crippen LogP contribution is 2.45. The zero-order chi connectivity index (χ0) is 34.6. The summed E-state index contributed by atoms with van der Waals surface area (Å²) in [5, 5.41) is 15.0. The van der Waals surface area contributed by atoms with Gasteiger partial charge in [0.05, 0.1) is 23.5 Å². The second-order valence-corrected chi connectivity index (χ2v) is 15.7. The van der Waals surface area contributed by atoms with Crippen molar-refractivity contribution in [2.75, 3.05) is 6.54 Å². The summed E-state index contributed by atoms with van der Waals surface area (Å²) in [7, 11) is 0. The van der Waals surface area contributed by atoms with Crippen LogP contribution in [0.1, 0.15) is 78.3 Å². The number of aromatic nitrogens is 2. The molecule has 5 aromatic rings. The third-order valence-corrected chi connectivity index (χ3v) is 11.4. The molecule has 50 heavy (non-hydrogen) atoms. The van der Waals surface area contributed by atoms with Crippen molar-refractivity contribution in [2.45, 2.75) is 84.1 Å². The van der Waals surface area contributed by atoms with Crippen molar-refractivity contribution in [3.63, 3.8) is 0 Å². The normalized spacial score (nSPS) is 21.3. The Hall–Kier alpha value is -5.12. The van der Waals surface area contributed by atoms with Crippen LogP contribution < -0.4 is 5.32 Å². The Balaban J connectivity index is 1.06. The van der Waals surface area contributed by atoms with Crippen LogP contribution in [0.2, 0.25) is 0 Å². The van der Waals surface area contributed by atoms with Crippen molar-refractivity contribution in [1.29, 1.82) is 0 Å². The highest BCUT2D eigenvalue weighted by molar-refractivity contribution is 6.01. The number of rotatable bonds is 6. The number of pyridine rings is 1. The van der Waals surface area contributed by atoms with Gasteiger partial charge in [0.2, 0.25) is 0 Å². The molecule has 9 rings (SSSR count). The molecule has 1 saturated heterocycles. The molecule has 10 heteroatoms. The van der Waals surface area contributed by atoms with Gasteiger partial charge in [-0.05, 0) is 107 Å². The summed E-state index contributed by atoms with van der Waals surface area (Å²) < 4.78 is 8.91. The van der Waals surface area contributed by atoms with E-state index in [1.54, 1.807) is 4.90 Å². The van der Waals surface area contributed by atoms with Gasteiger partial charge >= 0.3 is 6.09 Å². The minimum Gasteiger partial charge on any atom is -0.465 e. The Kier molecular flexibility index (Phi) is 6.76. The Bertz CT molecular complexity index is 2260. The fourth-order valence-electron chi connectivity index (χ4n) is 8.81. The fraction of sp³-hybridized carbons (Fsp3) is 0.400. The number of aryl methyl sites for hydroxylation is 1. The lowest BCUT2D eigenvalue weighted by atomic mass is 9.98. The van der Waals surface area contributed by atoms with Crippen LogP contribution in [0, 0.1) is 18.8 Å². The molecular weight excluding hydrogens is 630 g/mol. The zero-order valence-electron chi connectivity index (χ0n) is 28.8. The number of piperidine rings is 1. The van der Waals surface area contributed by atoms with E-state index in [-0.39, 0.29) is 29.8 Å². The van der Waals surface area contributed by atoms with Crippen molar-refractivity contribution >= 4 is 39.9 Å². The lowest BCUT2D eigenvalue weighted by molar-refractivity contribution is 0.0503. The van der Waals surface area contributed by atoms with E-state index in [1.807, 2.05) is 68.1 Å². The third kappa shape index (κ3) is 4.82. The number of carbonyl (C=O) groups is 3. The van der Waals surface area contributed by atoms with E-state index < -0.39 is 11.6 Å². The summed E-state index contributed by atoms with van der Waals surface area (Å²) >= 11 is 0. The lowest BCUT2D eigenvalue weighted by Crippen LogP contribution is -2.55. The average molecular weight is 672 g/mol. The van der Waals surface area contributed by atoms with Gasteiger partial charge in [0.1, 0.15) is 11.2 Å². The molecule has 4 aliphatic rings. The van der Waals surface area contributed by atoms with Crippen molar-refractivity contribution in [3.8, 4) is 22.7 Å². The minimum absolute atomic E-state index is 0.0465. The topological polar surface area (TPSA) is 121 Å². The van der Waals surface area contributed by atoms with Gasteiger partial charge in [-0.1, -0.05) is 18.2 Å². The first-order valence-electron chi connectivity index (χ1n) is 17.7. The van der Waals surface area contributed by atoms with Gasteiger partial charge in [-0.25, -0.2) is 9.78 Å². The Morgan fingerprint density at radius 2 is 1.86 bits per heavy atom. The molecule has 2 aliphatic heterocycles. The van der Waals surface area contributed by atoms with Crippen LogP contribution in [-0.4, -0.2) is 66.5 Å². The number of furan rings is 1. The summed E-state index contributed by atoms with van der Waals surface area (Å²) in [6.07, 6.45) is 3.16. The highest BCUT2D eigenvalue weighted by Gasteiger charge is 2.54. The first-order chi connectivity index (χ1) is 24.0. The number of nitrogens with zero attached hydrogens (tertiary/aromatic N) is 4. The number of likely N-dealkylation sites (tertiary alicyclic amines) is 1. The third-order valence-electron chi connectivity index (χ3n) is 11.4. The molecule has 3 fully saturated rings. The molecule has 2 saturated carbocycles. The standard InChI is InChI=1S/C40H41N5O5/c1-21-28-12-9-25(38(47)44-20-27-11-14-31(44)34(27)45(39(48)49)40(2,3)4)17-33(28)50-35(21)32-16-24-10-13-30(42-36(24)43(32)19-22-5-6-22)23-7-8-26-18-41-37(46)29(26)15-23/h7-10,12-13,15-17,22,27,31,34H,5-6,11,14,18-20H2,1-4H3,(H,41,46)(H,48,49)/t27?,31?,34-/m1/s1. The van der Waals surface area contributed by atoms with Gasteiger partial charge < -0.3 is 24.3 Å². The Labute approximate surface area is 290 Å². The second kappa shape index (κ2) is 10.9. The van der Waals surface area contributed by atoms with Crippen LogP contribution in [-0.2, 0) is 13.1 Å². The molecule has 2 N–H and O–H groups in total. The molecule has 3 aromatic heterocycles. The Morgan fingerprint density at radius 1 is 1.04 bits per heavy atom. The quantitative estimate of drug-likeness (QED) is 0.193. The van der Waals surface area contributed by atoms with Crippen molar-refractivity contribution < 1.29 is 23.9 Å². The van der Waals surface area contributed by atoms with Gasteiger partial charge in [-0.2, -0.15) is 0 Å². The van der Waals surface area contributed by atoms with Gasteiger partial charge in [-0.15, -0.1) is 0 Å². The first kappa shape index (κ1) is 30.9. The first-order valence-corrected chi connectivity index (χ1v) is 17.7. The summed E-state index contributed by atoms with van der Waals surface area (Å²) in [5.41, 5.74) is 6.93. The number of carbonyl (C=O) groups excluding carboxylic acids is 2. The molecule has 10 nitrogen and oxygen atoms in total. The van der Waals surface area contributed by atoms with Gasteiger partial charge in [-0.3, -0.25) is 14.5 Å². The molecule has 0 radical (unpaired) electrons.